The number of aromatic amines is 1. The Hall–Kier alpha value is -2.79. The van der Waals surface area contributed by atoms with Crippen LogP contribution in [0.5, 0.6) is 0 Å². The Labute approximate surface area is 201 Å². The number of carbonyl (C=O) groups is 4. The second-order valence-corrected chi connectivity index (χ2v) is 9.38. The predicted molar refractivity (Wildman–Crippen MR) is 128 cm³/mol. The number of aliphatic hydroxyl groups excluding tert-OH is 1. The zero-order valence-corrected chi connectivity index (χ0v) is 21.1. The zero-order chi connectivity index (χ0) is 26.0. The maximum absolute atomic E-state index is 13.3. The molecule has 1 aromatic heterocycles. The highest BCUT2D eigenvalue weighted by atomic mass is 16.3. The number of H-pyrrole nitrogens is 1. The van der Waals surface area contributed by atoms with E-state index in [1.165, 1.54) is 20.2 Å². The van der Waals surface area contributed by atoms with Crippen LogP contribution in [-0.4, -0.2) is 75.9 Å². The fraction of sp³-hybridized carbons (Fsp3) is 0.696. The van der Waals surface area contributed by atoms with Crippen LogP contribution < -0.4 is 21.3 Å². The van der Waals surface area contributed by atoms with Gasteiger partial charge in [-0.15, -0.1) is 0 Å². The lowest BCUT2D eigenvalue weighted by Crippen LogP contribution is -2.59. The molecule has 0 radical (unpaired) electrons. The van der Waals surface area contributed by atoms with Crippen molar-refractivity contribution in [1.29, 1.82) is 0 Å². The van der Waals surface area contributed by atoms with Gasteiger partial charge in [-0.25, -0.2) is 4.98 Å². The lowest BCUT2D eigenvalue weighted by molar-refractivity contribution is -0.134. The number of nitrogens with one attached hydrogen (secondary N) is 5. The first kappa shape index (κ1) is 29.2. The van der Waals surface area contributed by atoms with Gasteiger partial charge in [0.2, 0.25) is 17.7 Å². The summed E-state index contributed by atoms with van der Waals surface area (Å²) in [6, 6.07) is -3.51. The lowest BCUT2D eigenvalue weighted by Gasteiger charge is -2.27. The number of rotatable bonds is 14. The highest BCUT2D eigenvalue weighted by Gasteiger charge is 2.32. The Morgan fingerprint density at radius 2 is 1.53 bits per heavy atom. The van der Waals surface area contributed by atoms with Crippen molar-refractivity contribution >= 4 is 23.5 Å². The van der Waals surface area contributed by atoms with Crippen molar-refractivity contribution in [2.24, 2.45) is 11.8 Å². The summed E-state index contributed by atoms with van der Waals surface area (Å²) in [5.74, 6) is -1.82. The molecule has 0 saturated heterocycles. The van der Waals surface area contributed by atoms with Gasteiger partial charge in [-0.2, -0.15) is 0 Å². The smallest absolute Gasteiger partial charge is 0.243 e. The minimum Gasteiger partial charge on any atom is -0.391 e. The van der Waals surface area contributed by atoms with Crippen LogP contribution in [0.1, 0.15) is 53.7 Å². The third kappa shape index (κ3) is 9.22. The topological polar surface area (TPSA) is 165 Å². The van der Waals surface area contributed by atoms with E-state index in [9.17, 15) is 24.3 Å². The number of hydrogen-bond acceptors (Lipinski definition) is 7. The number of ketones is 1. The summed E-state index contributed by atoms with van der Waals surface area (Å²) in [5.41, 5.74) is 0.640. The van der Waals surface area contributed by atoms with Gasteiger partial charge in [0.15, 0.2) is 5.78 Å². The largest absolute Gasteiger partial charge is 0.391 e. The molecule has 0 aliphatic carbocycles. The van der Waals surface area contributed by atoms with E-state index in [1.807, 2.05) is 27.7 Å². The standard InChI is InChI=1S/C23H40N6O5/c1-12(2)8-17(22(33)29-20(14(5)30)15(6)31)27-21(32)18(9-16-10-25-11-26-16)28-23(34)19(24-7)13(3)4/h10-14,17-20,24,30H,8-9H2,1-7H3,(H,25,26)(H,27,32)(H,28,34)(H,29,33). The molecule has 11 heteroatoms. The van der Waals surface area contributed by atoms with Gasteiger partial charge in [-0.1, -0.05) is 27.7 Å². The molecular weight excluding hydrogens is 440 g/mol. The van der Waals surface area contributed by atoms with Crippen LogP contribution >= 0.6 is 0 Å². The average Bonchev–Trinajstić information content (AvgIpc) is 3.23. The highest BCUT2D eigenvalue weighted by Crippen LogP contribution is 2.09. The zero-order valence-electron chi connectivity index (χ0n) is 21.1. The summed E-state index contributed by atoms with van der Waals surface area (Å²) in [5, 5.41) is 20.8. The molecule has 5 unspecified atom stereocenters. The van der Waals surface area contributed by atoms with E-state index in [-0.39, 0.29) is 24.2 Å². The summed E-state index contributed by atoms with van der Waals surface area (Å²) >= 11 is 0. The molecule has 0 fully saturated rings. The van der Waals surface area contributed by atoms with Gasteiger partial charge in [0, 0.05) is 18.3 Å². The van der Waals surface area contributed by atoms with Crippen molar-refractivity contribution < 1.29 is 24.3 Å². The van der Waals surface area contributed by atoms with E-state index >= 15 is 0 Å². The number of nitrogens with zero attached hydrogens (tertiary/aromatic N) is 1. The molecule has 3 amide bonds. The first-order valence-corrected chi connectivity index (χ1v) is 11.6. The molecule has 0 spiro atoms. The van der Waals surface area contributed by atoms with Crippen molar-refractivity contribution in [3.63, 3.8) is 0 Å². The van der Waals surface area contributed by atoms with Crippen LogP contribution in [0.25, 0.3) is 0 Å². The molecule has 0 bridgehead atoms. The van der Waals surface area contributed by atoms with Gasteiger partial charge in [0.25, 0.3) is 0 Å². The predicted octanol–water partition coefficient (Wildman–Crippen LogP) is -0.333. The van der Waals surface area contributed by atoms with Gasteiger partial charge in [0.05, 0.1) is 18.5 Å². The first-order valence-electron chi connectivity index (χ1n) is 11.6. The maximum atomic E-state index is 13.3. The third-order valence-corrected chi connectivity index (χ3v) is 5.43. The maximum Gasteiger partial charge on any atom is 0.243 e. The van der Waals surface area contributed by atoms with Crippen LogP contribution in [0.3, 0.4) is 0 Å². The van der Waals surface area contributed by atoms with Crippen LogP contribution in [0, 0.1) is 11.8 Å². The second-order valence-electron chi connectivity index (χ2n) is 9.38. The minimum absolute atomic E-state index is 0.00989. The number of likely N-dealkylation sites (N-methyl/N-ethyl adjacent to an activating group) is 1. The normalized spacial score (nSPS) is 15.8. The monoisotopic (exact) mass is 480 g/mol. The van der Waals surface area contributed by atoms with E-state index in [4.69, 9.17) is 0 Å². The minimum atomic E-state index is -1.08. The Morgan fingerprint density at radius 1 is 0.941 bits per heavy atom. The van der Waals surface area contributed by atoms with Gasteiger partial charge in [0.1, 0.15) is 18.1 Å². The molecule has 1 rings (SSSR count). The summed E-state index contributed by atoms with van der Waals surface area (Å²) < 4.78 is 0. The molecule has 5 atom stereocenters. The average molecular weight is 481 g/mol. The van der Waals surface area contributed by atoms with Crippen LogP contribution in [0.15, 0.2) is 12.5 Å². The van der Waals surface area contributed by atoms with Gasteiger partial charge in [-0.3, -0.25) is 19.2 Å². The van der Waals surface area contributed by atoms with Crippen molar-refractivity contribution in [3.05, 3.63) is 18.2 Å². The van der Waals surface area contributed by atoms with E-state index in [1.54, 1.807) is 13.2 Å². The molecule has 0 aliphatic heterocycles. The summed E-state index contributed by atoms with van der Waals surface area (Å²) in [6.45, 7) is 10.3. The summed E-state index contributed by atoms with van der Waals surface area (Å²) in [6.07, 6.45) is 2.40. The molecule has 192 valence electrons. The quantitative estimate of drug-likeness (QED) is 0.212. The third-order valence-electron chi connectivity index (χ3n) is 5.43. The van der Waals surface area contributed by atoms with Gasteiger partial charge >= 0.3 is 0 Å². The summed E-state index contributed by atoms with van der Waals surface area (Å²) in [4.78, 5) is 57.7. The number of Topliss-reactive ketones (excluding diaryl/α,β-unsaturated/α-hetero) is 1. The number of aliphatic hydroxyl groups is 1. The van der Waals surface area contributed by atoms with E-state index < -0.39 is 47.9 Å². The SMILES string of the molecule is CNC(C(=O)NC(Cc1cnc[nH]1)C(=O)NC(CC(C)C)C(=O)NC(C(C)=O)C(C)O)C(C)C. The van der Waals surface area contributed by atoms with Gasteiger partial charge in [-0.05, 0) is 39.2 Å². The molecule has 34 heavy (non-hydrogen) atoms. The molecule has 1 heterocycles. The van der Waals surface area contributed by atoms with E-state index in [0.717, 1.165) is 0 Å². The van der Waals surface area contributed by atoms with Crippen LogP contribution in [0.4, 0.5) is 0 Å². The lowest BCUT2D eigenvalue weighted by atomic mass is 10.00. The number of carbonyl (C=O) groups excluding carboxylic acids is 4. The molecular formula is C23H40N6O5. The fourth-order valence-electron chi connectivity index (χ4n) is 3.65. The van der Waals surface area contributed by atoms with Crippen molar-refractivity contribution in [2.45, 2.75) is 84.7 Å². The Morgan fingerprint density at radius 3 is 1.97 bits per heavy atom. The van der Waals surface area contributed by atoms with Crippen LogP contribution in [0.2, 0.25) is 0 Å². The second kappa shape index (κ2) is 13.8. The van der Waals surface area contributed by atoms with Crippen LogP contribution in [-0.2, 0) is 25.6 Å². The Kier molecular flexibility index (Phi) is 11.9. The molecule has 0 aromatic carbocycles. The van der Waals surface area contributed by atoms with E-state index in [0.29, 0.717) is 12.1 Å². The molecule has 6 N–H and O–H groups in total. The number of aromatic nitrogens is 2. The Balaban J connectivity index is 3.10. The highest BCUT2D eigenvalue weighted by molar-refractivity contribution is 5.95. The number of amides is 3. The molecule has 11 nitrogen and oxygen atoms in total. The van der Waals surface area contributed by atoms with Crippen molar-refractivity contribution in [1.82, 2.24) is 31.2 Å². The number of hydrogen-bond donors (Lipinski definition) is 6. The fourth-order valence-corrected chi connectivity index (χ4v) is 3.65. The van der Waals surface area contributed by atoms with Crippen molar-refractivity contribution in [2.75, 3.05) is 7.05 Å². The molecule has 0 saturated carbocycles. The van der Waals surface area contributed by atoms with E-state index in [2.05, 4.69) is 31.2 Å². The first-order chi connectivity index (χ1) is 15.9. The van der Waals surface area contributed by atoms with Crippen molar-refractivity contribution in [3.8, 4) is 0 Å². The van der Waals surface area contributed by atoms with Gasteiger partial charge < -0.3 is 31.4 Å². The number of imidazole rings is 1. The Bertz CT molecular complexity index is 809. The molecule has 1 aromatic rings. The molecule has 0 aliphatic rings. The summed E-state index contributed by atoms with van der Waals surface area (Å²) in [7, 11) is 1.67.